The molecule has 0 saturated heterocycles. The van der Waals surface area contributed by atoms with Gasteiger partial charge in [-0.1, -0.05) is 12.1 Å². The average Bonchev–Trinajstić information content (AvgIpc) is 2.15. The first-order valence-corrected chi connectivity index (χ1v) is 4.81. The van der Waals surface area contributed by atoms with Gasteiger partial charge in [0.2, 0.25) is 0 Å². The molecule has 0 saturated carbocycles. The van der Waals surface area contributed by atoms with Crippen LogP contribution in [0.15, 0.2) is 18.2 Å². The number of aryl methyl sites for hydroxylation is 1. The average molecular weight is 217 g/mol. The predicted octanol–water partition coefficient (Wildman–Crippen LogP) is 1.33. The highest BCUT2D eigenvalue weighted by atomic mass is 35.5. The largest absolute Gasteiger partial charge is 0.508 e. The van der Waals surface area contributed by atoms with Crippen LogP contribution < -0.4 is 0 Å². The number of aliphatic hydroxyl groups excluding tert-OH is 2. The second-order valence-corrected chi connectivity index (χ2v) is 3.54. The smallest absolute Gasteiger partial charge is 0.121 e. The highest BCUT2D eigenvalue weighted by molar-refractivity contribution is 6.18. The molecule has 0 aliphatic carbocycles. The van der Waals surface area contributed by atoms with E-state index >= 15 is 0 Å². The Morgan fingerprint density at radius 2 is 2.00 bits per heavy atom. The predicted molar refractivity (Wildman–Crippen MR) is 54.5 cm³/mol. The SMILES string of the molecule is Cc1ccc(C(O)C(O)CCl)c(O)c1. The number of rotatable bonds is 3. The quantitative estimate of drug-likeness (QED) is 0.669. The zero-order valence-corrected chi connectivity index (χ0v) is 8.57. The number of hydrogen-bond acceptors (Lipinski definition) is 3. The second kappa shape index (κ2) is 4.64. The molecule has 0 aliphatic rings. The van der Waals surface area contributed by atoms with Gasteiger partial charge in [-0.25, -0.2) is 0 Å². The molecule has 0 fully saturated rings. The molecular formula is C10H13ClO3. The van der Waals surface area contributed by atoms with Gasteiger partial charge in [0.25, 0.3) is 0 Å². The van der Waals surface area contributed by atoms with Crippen LogP contribution in [0.3, 0.4) is 0 Å². The van der Waals surface area contributed by atoms with Crippen molar-refractivity contribution in [1.29, 1.82) is 0 Å². The summed E-state index contributed by atoms with van der Waals surface area (Å²) in [5.74, 6) is -0.101. The van der Waals surface area contributed by atoms with Gasteiger partial charge in [-0.15, -0.1) is 11.6 Å². The number of alkyl halides is 1. The van der Waals surface area contributed by atoms with Gasteiger partial charge in [0.15, 0.2) is 0 Å². The molecule has 0 aromatic heterocycles. The minimum Gasteiger partial charge on any atom is -0.508 e. The van der Waals surface area contributed by atoms with Gasteiger partial charge >= 0.3 is 0 Å². The molecule has 14 heavy (non-hydrogen) atoms. The summed E-state index contributed by atoms with van der Waals surface area (Å²) in [5, 5.41) is 28.3. The summed E-state index contributed by atoms with van der Waals surface area (Å²) in [6, 6.07) is 4.85. The van der Waals surface area contributed by atoms with E-state index in [-0.39, 0.29) is 11.6 Å². The Kier molecular flexibility index (Phi) is 3.75. The standard InChI is InChI=1S/C10H13ClO3/c1-6-2-3-7(8(12)4-6)10(14)9(13)5-11/h2-4,9-10,12-14H,5H2,1H3. The number of aliphatic hydroxyl groups is 2. The molecule has 2 atom stereocenters. The van der Waals surface area contributed by atoms with Crippen LogP contribution in [0.25, 0.3) is 0 Å². The molecule has 0 spiro atoms. The summed E-state index contributed by atoms with van der Waals surface area (Å²) in [6.45, 7) is 1.83. The number of benzene rings is 1. The summed E-state index contributed by atoms with van der Waals surface area (Å²) in [6.07, 6.45) is -2.21. The van der Waals surface area contributed by atoms with Crippen LogP contribution in [0.5, 0.6) is 5.75 Å². The maximum Gasteiger partial charge on any atom is 0.121 e. The molecule has 0 radical (unpaired) electrons. The molecule has 4 heteroatoms. The Labute approximate surface area is 87.6 Å². The maximum absolute atomic E-state index is 9.57. The van der Waals surface area contributed by atoms with E-state index in [9.17, 15) is 15.3 Å². The summed E-state index contributed by atoms with van der Waals surface area (Å²) in [5.41, 5.74) is 1.18. The fourth-order valence-electron chi connectivity index (χ4n) is 1.20. The number of phenols is 1. The number of hydrogen-bond donors (Lipinski definition) is 3. The van der Waals surface area contributed by atoms with E-state index < -0.39 is 12.2 Å². The number of halogens is 1. The van der Waals surface area contributed by atoms with Crippen molar-refractivity contribution in [3.05, 3.63) is 29.3 Å². The van der Waals surface area contributed by atoms with Gasteiger partial charge in [0, 0.05) is 5.56 Å². The van der Waals surface area contributed by atoms with Gasteiger partial charge in [-0.3, -0.25) is 0 Å². The van der Waals surface area contributed by atoms with E-state index in [1.54, 1.807) is 12.1 Å². The highest BCUT2D eigenvalue weighted by Gasteiger charge is 2.20. The van der Waals surface area contributed by atoms with Crippen molar-refractivity contribution in [3.63, 3.8) is 0 Å². The molecule has 0 amide bonds. The third kappa shape index (κ3) is 2.38. The van der Waals surface area contributed by atoms with Crippen LogP contribution in [0.2, 0.25) is 0 Å². The number of aromatic hydroxyl groups is 1. The molecule has 3 nitrogen and oxygen atoms in total. The summed E-state index contributed by atoms with van der Waals surface area (Å²) in [7, 11) is 0. The van der Waals surface area contributed by atoms with E-state index in [0.717, 1.165) is 5.56 Å². The summed E-state index contributed by atoms with van der Waals surface area (Å²) in [4.78, 5) is 0. The van der Waals surface area contributed by atoms with E-state index in [4.69, 9.17) is 11.6 Å². The Balaban J connectivity index is 2.95. The van der Waals surface area contributed by atoms with Crippen molar-refractivity contribution in [2.75, 3.05) is 5.88 Å². The Bertz CT molecular complexity index is 314. The fourth-order valence-corrected chi connectivity index (χ4v) is 1.36. The van der Waals surface area contributed by atoms with Gasteiger partial charge in [0.1, 0.15) is 11.9 Å². The van der Waals surface area contributed by atoms with Crippen LogP contribution in [-0.2, 0) is 0 Å². The molecule has 2 unspecified atom stereocenters. The second-order valence-electron chi connectivity index (χ2n) is 3.23. The molecule has 1 rings (SSSR count). The maximum atomic E-state index is 9.57. The van der Waals surface area contributed by atoms with E-state index in [2.05, 4.69) is 0 Å². The molecule has 1 aromatic rings. The lowest BCUT2D eigenvalue weighted by molar-refractivity contribution is 0.0312. The van der Waals surface area contributed by atoms with Crippen molar-refractivity contribution >= 4 is 11.6 Å². The minimum atomic E-state index is -1.15. The van der Waals surface area contributed by atoms with Crippen LogP contribution in [0.1, 0.15) is 17.2 Å². The first-order chi connectivity index (χ1) is 6.56. The molecule has 78 valence electrons. The van der Waals surface area contributed by atoms with Gasteiger partial charge in [-0.05, 0) is 18.6 Å². The highest BCUT2D eigenvalue weighted by Crippen LogP contribution is 2.27. The lowest BCUT2D eigenvalue weighted by atomic mass is 10.0. The summed E-state index contributed by atoms with van der Waals surface area (Å²) < 4.78 is 0. The molecule has 0 heterocycles. The topological polar surface area (TPSA) is 60.7 Å². The minimum absolute atomic E-state index is 0.0262. The van der Waals surface area contributed by atoms with Gasteiger partial charge in [-0.2, -0.15) is 0 Å². The monoisotopic (exact) mass is 216 g/mol. The van der Waals surface area contributed by atoms with Gasteiger partial charge in [0.05, 0.1) is 12.0 Å². The van der Waals surface area contributed by atoms with E-state index in [1.807, 2.05) is 6.92 Å². The third-order valence-corrected chi connectivity index (χ3v) is 2.34. The zero-order chi connectivity index (χ0) is 10.7. The number of phenolic OH excluding ortho intramolecular Hbond substituents is 1. The van der Waals surface area contributed by atoms with E-state index in [0.29, 0.717) is 5.56 Å². The van der Waals surface area contributed by atoms with Crippen molar-refractivity contribution in [2.24, 2.45) is 0 Å². The Hall–Kier alpha value is -0.770. The first-order valence-electron chi connectivity index (χ1n) is 4.28. The first kappa shape index (κ1) is 11.3. The zero-order valence-electron chi connectivity index (χ0n) is 7.81. The van der Waals surface area contributed by atoms with Crippen LogP contribution in [-0.4, -0.2) is 27.3 Å². The Morgan fingerprint density at radius 3 is 2.50 bits per heavy atom. The van der Waals surface area contributed by atoms with Crippen LogP contribution in [0.4, 0.5) is 0 Å². The fraction of sp³-hybridized carbons (Fsp3) is 0.400. The molecule has 1 aromatic carbocycles. The van der Waals surface area contributed by atoms with Gasteiger partial charge < -0.3 is 15.3 Å². The lowest BCUT2D eigenvalue weighted by Gasteiger charge is -2.16. The Morgan fingerprint density at radius 1 is 1.36 bits per heavy atom. The van der Waals surface area contributed by atoms with Crippen molar-refractivity contribution in [1.82, 2.24) is 0 Å². The van der Waals surface area contributed by atoms with Crippen molar-refractivity contribution in [3.8, 4) is 5.75 Å². The molecule has 3 N–H and O–H groups in total. The summed E-state index contributed by atoms with van der Waals surface area (Å²) >= 11 is 5.39. The normalized spacial score (nSPS) is 15.1. The molecule has 0 bridgehead atoms. The van der Waals surface area contributed by atoms with Crippen LogP contribution in [0, 0.1) is 6.92 Å². The van der Waals surface area contributed by atoms with Crippen molar-refractivity contribution in [2.45, 2.75) is 19.1 Å². The lowest BCUT2D eigenvalue weighted by Crippen LogP contribution is -2.19. The molecule has 0 aliphatic heterocycles. The van der Waals surface area contributed by atoms with E-state index in [1.165, 1.54) is 6.07 Å². The van der Waals surface area contributed by atoms with Crippen LogP contribution >= 0.6 is 11.6 Å². The third-order valence-electron chi connectivity index (χ3n) is 2.03. The van der Waals surface area contributed by atoms with Crippen molar-refractivity contribution < 1.29 is 15.3 Å². The molecular weight excluding hydrogens is 204 g/mol.